The summed E-state index contributed by atoms with van der Waals surface area (Å²) in [6.07, 6.45) is 7.00. The summed E-state index contributed by atoms with van der Waals surface area (Å²) in [6, 6.07) is 4.98. The first-order valence-electron chi connectivity index (χ1n) is 7.65. The van der Waals surface area contributed by atoms with E-state index >= 15 is 0 Å². The number of rotatable bonds is 2. The van der Waals surface area contributed by atoms with Crippen LogP contribution in [0.25, 0.3) is 0 Å². The van der Waals surface area contributed by atoms with E-state index in [2.05, 4.69) is 26.6 Å². The van der Waals surface area contributed by atoms with Gasteiger partial charge in [0.2, 0.25) is 5.91 Å². The first-order valence-corrected chi connectivity index (χ1v) is 8.45. The minimum Gasteiger partial charge on any atom is -0.325 e. The molecule has 1 saturated carbocycles. The number of benzene rings is 1. The average molecular weight is 355 g/mol. The van der Waals surface area contributed by atoms with Gasteiger partial charge < -0.3 is 10.6 Å². The SMILES string of the molecule is O=C(Nc1ccc(Br)c(F)c1)C1CCC2CCCCC2N1. The Bertz CT molecular complexity index is 537. The number of hydrogen-bond acceptors (Lipinski definition) is 2. The third-order valence-electron chi connectivity index (χ3n) is 4.65. The standard InChI is InChI=1S/C16H20BrFN2O/c17-12-7-6-11(9-13(12)18)19-16(21)15-8-5-10-3-1-2-4-14(10)20-15/h6-7,9-10,14-15,20H,1-5,8H2,(H,19,21). The highest BCUT2D eigenvalue weighted by Crippen LogP contribution is 2.32. The van der Waals surface area contributed by atoms with E-state index in [0.717, 1.165) is 18.8 Å². The van der Waals surface area contributed by atoms with Crippen LogP contribution in [0.1, 0.15) is 38.5 Å². The summed E-state index contributed by atoms with van der Waals surface area (Å²) >= 11 is 3.11. The lowest BCUT2D eigenvalue weighted by Gasteiger charge is -2.39. The average Bonchev–Trinajstić information content (AvgIpc) is 2.50. The van der Waals surface area contributed by atoms with Crippen LogP contribution < -0.4 is 10.6 Å². The molecule has 3 atom stereocenters. The number of fused-ring (bicyclic) bond motifs is 1. The molecule has 1 aromatic carbocycles. The maximum atomic E-state index is 13.5. The molecule has 114 valence electrons. The summed E-state index contributed by atoms with van der Waals surface area (Å²) < 4.78 is 13.9. The Balaban J connectivity index is 1.61. The topological polar surface area (TPSA) is 41.1 Å². The highest BCUT2D eigenvalue weighted by Gasteiger charge is 2.34. The first-order chi connectivity index (χ1) is 10.1. The summed E-state index contributed by atoms with van der Waals surface area (Å²) in [5.74, 6) is 0.311. The summed E-state index contributed by atoms with van der Waals surface area (Å²) in [4.78, 5) is 12.3. The van der Waals surface area contributed by atoms with Crippen molar-refractivity contribution in [2.75, 3.05) is 5.32 Å². The lowest BCUT2D eigenvalue weighted by Crippen LogP contribution is -2.53. The number of amides is 1. The Hall–Kier alpha value is -0.940. The van der Waals surface area contributed by atoms with Crippen LogP contribution in [0.4, 0.5) is 10.1 Å². The number of piperidine rings is 1. The zero-order valence-electron chi connectivity index (χ0n) is 11.9. The molecule has 3 unspecified atom stereocenters. The second-order valence-electron chi connectivity index (χ2n) is 6.07. The molecule has 3 nitrogen and oxygen atoms in total. The third kappa shape index (κ3) is 3.46. The molecule has 1 aliphatic heterocycles. The molecule has 0 aromatic heterocycles. The van der Waals surface area contributed by atoms with Crippen LogP contribution in [0.3, 0.4) is 0 Å². The van der Waals surface area contributed by atoms with Gasteiger partial charge >= 0.3 is 0 Å². The molecule has 1 heterocycles. The zero-order chi connectivity index (χ0) is 14.8. The molecule has 1 aromatic rings. The van der Waals surface area contributed by atoms with Gasteiger partial charge in [-0.2, -0.15) is 0 Å². The van der Waals surface area contributed by atoms with Gasteiger partial charge in [0.15, 0.2) is 0 Å². The number of anilines is 1. The van der Waals surface area contributed by atoms with E-state index in [0.29, 0.717) is 16.2 Å². The Morgan fingerprint density at radius 3 is 2.86 bits per heavy atom. The van der Waals surface area contributed by atoms with E-state index in [9.17, 15) is 9.18 Å². The van der Waals surface area contributed by atoms with Gasteiger partial charge in [0.25, 0.3) is 0 Å². The fourth-order valence-electron chi connectivity index (χ4n) is 3.51. The van der Waals surface area contributed by atoms with Crippen LogP contribution >= 0.6 is 15.9 Å². The molecule has 0 bridgehead atoms. The van der Waals surface area contributed by atoms with Gasteiger partial charge in [0.05, 0.1) is 10.5 Å². The van der Waals surface area contributed by atoms with Crippen LogP contribution in [-0.4, -0.2) is 18.0 Å². The fourth-order valence-corrected chi connectivity index (χ4v) is 3.75. The summed E-state index contributed by atoms with van der Waals surface area (Å²) in [5.41, 5.74) is 0.508. The molecule has 21 heavy (non-hydrogen) atoms. The van der Waals surface area contributed by atoms with Gasteiger partial charge in [-0.3, -0.25) is 4.79 Å². The molecular formula is C16H20BrFN2O. The number of hydrogen-bond donors (Lipinski definition) is 2. The zero-order valence-corrected chi connectivity index (χ0v) is 13.5. The lowest BCUT2D eigenvalue weighted by atomic mass is 9.77. The van der Waals surface area contributed by atoms with Crippen molar-refractivity contribution in [1.29, 1.82) is 0 Å². The van der Waals surface area contributed by atoms with E-state index in [1.807, 2.05) is 0 Å². The van der Waals surface area contributed by atoms with Gasteiger partial charge in [-0.1, -0.05) is 12.8 Å². The molecule has 2 fully saturated rings. The van der Waals surface area contributed by atoms with Crippen molar-refractivity contribution in [3.05, 3.63) is 28.5 Å². The largest absolute Gasteiger partial charge is 0.325 e. The van der Waals surface area contributed by atoms with Crippen molar-refractivity contribution in [2.24, 2.45) is 5.92 Å². The minimum atomic E-state index is -0.364. The first kappa shape index (κ1) is 15.0. The molecule has 1 saturated heterocycles. The van der Waals surface area contributed by atoms with Gasteiger partial charge in [0, 0.05) is 11.7 Å². The van der Waals surface area contributed by atoms with Crippen LogP contribution in [0.5, 0.6) is 0 Å². The summed E-state index contributed by atoms with van der Waals surface area (Å²) in [6.45, 7) is 0. The second-order valence-corrected chi connectivity index (χ2v) is 6.92. The molecule has 5 heteroatoms. The van der Waals surface area contributed by atoms with Crippen molar-refractivity contribution in [1.82, 2.24) is 5.32 Å². The Labute approximate surface area is 132 Å². The highest BCUT2D eigenvalue weighted by molar-refractivity contribution is 9.10. The highest BCUT2D eigenvalue weighted by atomic mass is 79.9. The quantitative estimate of drug-likeness (QED) is 0.847. The fraction of sp³-hybridized carbons (Fsp3) is 0.562. The van der Waals surface area contributed by atoms with Crippen molar-refractivity contribution >= 4 is 27.5 Å². The number of nitrogens with one attached hydrogen (secondary N) is 2. The number of halogens is 2. The summed E-state index contributed by atoms with van der Waals surface area (Å²) in [5, 5.41) is 6.30. The molecule has 1 amide bonds. The number of carbonyl (C=O) groups is 1. The molecular weight excluding hydrogens is 335 g/mol. The van der Waals surface area contributed by atoms with Crippen molar-refractivity contribution in [3.8, 4) is 0 Å². The summed E-state index contributed by atoms with van der Waals surface area (Å²) in [7, 11) is 0. The third-order valence-corrected chi connectivity index (χ3v) is 5.30. The second kappa shape index (κ2) is 6.44. The van der Waals surface area contributed by atoms with Crippen molar-refractivity contribution in [2.45, 2.75) is 50.6 Å². The monoisotopic (exact) mass is 354 g/mol. The Kier molecular flexibility index (Phi) is 4.60. The molecule has 0 spiro atoms. The van der Waals surface area contributed by atoms with E-state index in [-0.39, 0.29) is 17.8 Å². The van der Waals surface area contributed by atoms with Gasteiger partial charge in [-0.25, -0.2) is 4.39 Å². The molecule has 3 rings (SSSR count). The van der Waals surface area contributed by atoms with E-state index in [4.69, 9.17) is 0 Å². The Morgan fingerprint density at radius 2 is 2.05 bits per heavy atom. The molecule has 2 aliphatic rings. The Morgan fingerprint density at radius 1 is 1.24 bits per heavy atom. The van der Waals surface area contributed by atoms with E-state index in [1.54, 1.807) is 12.1 Å². The lowest BCUT2D eigenvalue weighted by molar-refractivity contribution is -0.119. The van der Waals surface area contributed by atoms with Gasteiger partial charge in [0.1, 0.15) is 5.82 Å². The molecule has 2 N–H and O–H groups in total. The minimum absolute atomic E-state index is 0.0549. The van der Waals surface area contributed by atoms with Crippen LogP contribution in [0.2, 0.25) is 0 Å². The van der Waals surface area contributed by atoms with E-state index < -0.39 is 0 Å². The maximum Gasteiger partial charge on any atom is 0.241 e. The van der Waals surface area contributed by atoms with Gasteiger partial charge in [-0.05, 0) is 65.7 Å². The number of carbonyl (C=O) groups excluding carboxylic acids is 1. The normalized spacial score (nSPS) is 28.8. The predicted molar refractivity (Wildman–Crippen MR) is 84.6 cm³/mol. The molecule has 0 radical (unpaired) electrons. The van der Waals surface area contributed by atoms with Crippen LogP contribution in [-0.2, 0) is 4.79 Å². The molecule has 1 aliphatic carbocycles. The van der Waals surface area contributed by atoms with Gasteiger partial charge in [-0.15, -0.1) is 0 Å². The van der Waals surface area contributed by atoms with Crippen molar-refractivity contribution in [3.63, 3.8) is 0 Å². The van der Waals surface area contributed by atoms with Crippen LogP contribution in [0.15, 0.2) is 22.7 Å². The smallest absolute Gasteiger partial charge is 0.241 e. The predicted octanol–water partition coefficient (Wildman–Crippen LogP) is 3.84. The van der Waals surface area contributed by atoms with E-state index in [1.165, 1.54) is 31.7 Å². The maximum absolute atomic E-state index is 13.5. The van der Waals surface area contributed by atoms with Crippen molar-refractivity contribution < 1.29 is 9.18 Å². The van der Waals surface area contributed by atoms with Crippen LogP contribution in [0, 0.1) is 11.7 Å².